The Hall–Kier alpha value is -3.36. The molecule has 0 aliphatic heterocycles. The van der Waals surface area contributed by atoms with Crippen molar-refractivity contribution in [2.24, 2.45) is 11.3 Å². The molecule has 9 heteroatoms. The number of hydrogen-bond acceptors (Lipinski definition) is 6. The molecule has 1 rings (SSSR count). The normalized spacial score (nSPS) is 14.8. The van der Waals surface area contributed by atoms with Crippen LogP contribution in [-0.4, -0.2) is 78.1 Å². The first-order valence-electron chi connectivity index (χ1n) is 15.4. The maximum absolute atomic E-state index is 14.4. The molecular formula is C35H57N3O6. The van der Waals surface area contributed by atoms with Crippen LogP contribution in [0.4, 0.5) is 4.79 Å². The Morgan fingerprint density at radius 3 is 1.93 bits per heavy atom. The zero-order valence-electron chi connectivity index (χ0n) is 29.7. The molecule has 0 fully saturated rings. The van der Waals surface area contributed by atoms with Crippen molar-refractivity contribution < 1.29 is 28.7 Å². The van der Waals surface area contributed by atoms with Gasteiger partial charge in [0.2, 0.25) is 11.8 Å². The van der Waals surface area contributed by atoms with Gasteiger partial charge in [-0.25, -0.2) is 9.59 Å². The van der Waals surface area contributed by atoms with Gasteiger partial charge in [0, 0.05) is 25.1 Å². The van der Waals surface area contributed by atoms with Crippen LogP contribution in [0.2, 0.25) is 0 Å². The van der Waals surface area contributed by atoms with E-state index in [1.165, 1.54) is 4.90 Å². The Balaban J connectivity index is 3.64. The molecule has 1 aromatic rings. The van der Waals surface area contributed by atoms with Gasteiger partial charge in [0.15, 0.2) is 0 Å². The second-order valence-electron chi connectivity index (χ2n) is 14.6. The summed E-state index contributed by atoms with van der Waals surface area (Å²) < 4.78 is 10.8. The van der Waals surface area contributed by atoms with E-state index in [1.807, 2.05) is 79.7 Å². The summed E-state index contributed by atoms with van der Waals surface area (Å²) in [4.78, 5) is 57.2. The number of aryl methyl sites for hydroxylation is 1. The summed E-state index contributed by atoms with van der Waals surface area (Å²) in [5, 5.41) is 3.03. The van der Waals surface area contributed by atoms with Crippen molar-refractivity contribution >= 4 is 23.9 Å². The van der Waals surface area contributed by atoms with Gasteiger partial charge in [-0.15, -0.1) is 0 Å². The molecule has 1 N–H and O–H groups in total. The molecule has 1 aromatic carbocycles. The van der Waals surface area contributed by atoms with Crippen LogP contribution < -0.4 is 5.32 Å². The Morgan fingerprint density at radius 2 is 1.48 bits per heavy atom. The van der Waals surface area contributed by atoms with E-state index < -0.39 is 52.5 Å². The number of hydrogen-bond donors (Lipinski definition) is 1. The summed E-state index contributed by atoms with van der Waals surface area (Å²) >= 11 is 0. The van der Waals surface area contributed by atoms with E-state index in [0.29, 0.717) is 5.57 Å². The number of likely N-dealkylation sites (N-methyl/N-ethyl adjacent to an activating group) is 2. The molecule has 0 aromatic heterocycles. The molecule has 0 aliphatic carbocycles. The summed E-state index contributed by atoms with van der Waals surface area (Å²) in [5.74, 6) is -1.26. The van der Waals surface area contributed by atoms with Crippen molar-refractivity contribution in [1.82, 2.24) is 15.1 Å². The lowest BCUT2D eigenvalue weighted by molar-refractivity contribution is -0.142. The molecule has 0 saturated carbocycles. The number of nitrogens with zero attached hydrogens (tertiary/aromatic N) is 2. The first-order chi connectivity index (χ1) is 20.0. The average Bonchev–Trinajstić information content (AvgIpc) is 2.87. The average molecular weight is 616 g/mol. The first-order valence-corrected chi connectivity index (χ1v) is 15.4. The van der Waals surface area contributed by atoms with Crippen LogP contribution in [0.5, 0.6) is 0 Å². The number of ether oxygens (including phenoxy) is 2. The number of amides is 3. The van der Waals surface area contributed by atoms with E-state index in [4.69, 9.17) is 9.47 Å². The fourth-order valence-electron chi connectivity index (χ4n) is 5.41. The van der Waals surface area contributed by atoms with Gasteiger partial charge < -0.3 is 19.7 Å². The highest BCUT2D eigenvalue weighted by molar-refractivity contribution is 5.93. The maximum atomic E-state index is 14.4. The largest absolute Gasteiger partial charge is 0.463 e. The Kier molecular flexibility index (Phi) is 13.3. The quantitative estimate of drug-likeness (QED) is 0.241. The van der Waals surface area contributed by atoms with Gasteiger partial charge >= 0.3 is 12.1 Å². The molecule has 3 atom stereocenters. The molecule has 0 bridgehead atoms. The zero-order chi connectivity index (χ0) is 34.4. The fourth-order valence-corrected chi connectivity index (χ4v) is 5.41. The van der Waals surface area contributed by atoms with Crippen molar-refractivity contribution in [3.8, 4) is 0 Å². The highest BCUT2D eigenvalue weighted by Gasteiger charge is 2.46. The second kappa shape index (κ2) is 15.1. The maximum Gasteiger partial charge on any atom is 0.410 e. The second-order valence-corrected chi connectivity index (χ2v) is 14.6. The molecule has 0 spiro atoms. The van der Waals surface area contributed by atoms with Crippen LogP contribution in [0.25, 0.3) is 0 Å². The molecule has 0 aliphatic rings. The standard InChI is InChI=1S/C35H57N3O6/c1-16-43-31(41)24(5)21-26(22(2)3)37(14)30(40)27(33(6,7)8)36-29(39)28(38(15)32(42)44-34(9,10)11)35(12,13)25-20-18-17-19-23(25)4/h17-22,26-28H,16H2,1-15H3,(H,36,39)/b24-21+/t26-,27-,28?/m1/s1. The van der Waals surface area contributed by atoms with Crippen molar-refractivity contribution in [2.45, 2.75) is 119 Å². The Morgan fingerprint density at radius 1 is 0.932 bits per heavy atom. The third kappa shape index (κ3) is 10.1. The number of carbonyl (C=O) groups excluding carboxylic acids is 4. The van der Waals surface area contributed by atoms with Crippen LogP contribution >= 0.6 is 0 Å². The van der Waals surface area contributed by atoms with Gasteiger partial charge in [-0.1, -0.05) is 78.8 Å². The topological polar surface area (TPSA) is 105 Å². The third-order valence-electron chi connectivity index (χ3n) is 7.74. The SMILES string of the molecule is CCOC(=O)/C(C)=C/[C@H](C(C)C)N(C)C(=O)[C@@H](NC(=O)C(N(C)C(=O)OC(C)(C)C)C(C)(C)c1ccccc1C)C(C)(C)C. The number of carbonyl (C=O) groups is 4. The molecule has 0 heterocycles. The lowest BCUT2D eigenvalue weighted by atomic mass is 9.74. The van der Waals surface area contributed by atoms with Crippen LogP contribution in [0.1, 0.15) is 94.2 Å². The number of nitrogens with one attached hydrogen (secondary N) is 1. The van der Waals surface area contributed by atoms with Gasteiger partial charge in [0.05, 0.1) is 12.6 Å². The highest BCUT2D eigenvalue weighted by atomic mass is 16.6. The summed E-state index contributed by atoms with van der Waals surface area (Å²) in [7, 11) is 3.23. The molecule has 3 amide bonds. The monoisotopic (exact) mass is 615 g/mol. The Labute approximate surface area is 265 Å². The lowest BCUT2D eigenvalue weighted by Gasteiger charge is -2.43. The minimum absolute atomic E-state index is 0.0318. The molecule has 44 heavy (non-hydrogen) atoms. The summed E-state index contributed by atoms with van der Waals surface area (Å²) in [6.45, 7) is 24.3. The highest BCUT2D eigenvalue weighted by Crippen LogP contribution is 2.34. The smallest absolute Gasteiger partial charge is 0.410 e. The summed E-state index contributed by atoms with van der Waals surface area (Å²) in [6, 6.07) is 5.35. The van der Waals surface area contributed by atoms with Crippen molar-refractivity contribution in [1.29, 1.82) is 0 Å². The summed E-state index contributed by atoms with van der Waals surface area (Å²) in [6.07, 6.45) is 1.09. The minimum atomic E-state index is -1.02. The van der Waals surface area contributed by atoms with Crippen molar-refractivity contribution in [3.05, 3.63) is 47.0 Å². The van der Waals surface area contributed by atoms with Gasteiger partial charge in [0.25, 0.3) is 0 Å². The van der Waals surface area contributed by atoms with Gasteiger partial charge in [-0.3, -0.25) is 14.5 Å². The molecular weight excluding hydrogens is 558 g/mol. The number of esters is 1. The molecule has 0 radical (unpaired) electrons. The lowest BCUT2D eigenvalue weighted by Crippen LogP contribution is -2.63. The van der Waals surface area contributed by atoms with Crippen LogP contribution in [-0.2, 0) is 29.3 Å². The predicted octanol–water partition coefficient (Wildman–Crippen LogP) is 6.03. The van der Waals surface area contributed by atoms with Crippen LogP contribution in [0.3, 0.4) is 0 Å². The minimum Gasteiger partial charge on any atom is -0.463 e. The summed E-state index contributed by atoms with van der Waals surface area (Å²) in [5.41, 5.74) is -0.0545. The molecule has 1 unspecified atom stereocenters. The van der Waals surface area contributed by atoms with Gasteiger partial charge in [-0.2, -0.15) is 0 Å². The number of benzene rings is 1. The molecule has 9 nitrogen and oxygen atoms in total. The van der Waals surface area contributed by atoms with Crippen molar-refractivity contribution in [3.63, 3.8) is 0 Å². The van der Waals surface area contributed by atoms with E-state index in [2.05, 4.69) is 5.32 Å². The van der Waals surface area contributed by atoms with E-state index in [1.54, 1.807) is 59.7 Å². The van der Waals surface area contributed by atoms with Crippen LogP contribution in [0, 0.1) is 18.3 Å². The van der Waals surface area contributed by atoms with Crippen LogP contribution in [0.15, 0.2) is 35.9 Å². The fraction of sp³-hybridized carbons (Fsp3) is 0.657. The van der Waals surface area contributed by atoms with E-state index >= 15 is 0 Å². The van der Waals surface area contributed by atoms with E-state index in [0.717, 1.165) is 11.1 Å². The van der Waals surface area contributed by atoms with Crippen molar-refractivity contribution in [2.75, 3.05) is 20.7 Å². The van der Waals surface area contributed by atoms with E-state index in [-0.39, 0.29) is 18.4 Å². The molecule has 0 saturated heterocycles. The van der Waals surface area contributed by atoms with Gasteiger partial charge in [-0.05, 0) is 64.0 Å². The Bertz CT molecular complexity index is 1210. The third-order valence-corrected chi connectivity index (χ3v) is 7.74. The molecule has 248 valence electrons. The van der Waals surface area contributed by atoms with Gasteiger partial charge in [0.1, 0.15) is 17.7 Å². The zero-order valence-corrected chi connectivity index (χ0v) is 29.7. The predicted molar refractivity (Wildman–Crippen MR) is 175 cm³/mol. The first kappa shape index (κ1) is 38.7. The number of rotatable bonds is 11. The van der Waals surface area contributed by atoms with E-state index in [9.17, 15) is 19.2 Å².